The Balaban J connectivity index is 3.26. The molecular formula is CH4BNO3. The number of nitrogens with two attached hydrogens (primary N) is 1. The average Bonchev–Trinajstić information content (AvgIpc) is 1.36. The van der Waals surface area contributed by atoms with E-state index in [9.17, 15) is 4.79 Å². The van der Waals surface area contributed by atoms with Gasteiger partial charge in [0.05, 0.1) is 0 Å². The van der Waals surface area contributed by atoms with Crippen molar-refractivity contribution in [1.29, 1.82) is 0 Å². The summed E-state index contributed by atoms with van der Waals surface area (Å²) in [4.78, 5) is 9.42. The lowest BCUT2D eigenvalue weighted by Crippen LogP contribution is -2.31. The number of hydrogen-bond acceptors (Lipinski definition) is 3. The van der Waals surface area contributed by atoms with E-state index >= 15 is 0 Å². The standard InChI is InChI=1S/CH4BNO3/c3-1(4)2(5)6/h5-6H,(H2,3,4). The summed E-state index contributed by atoms with van der Waals surface area (Å²) in [6.07, 6.45) is 0. The highest BCUT2D eigenvalue weighted by molar-refractivity contribution is 6.77. The number of primary amides is 1. The Morgan fingerprint density at radius 2 is 1.83 bits per heavy atom. The molecular weight excluding hydrogens is 84.8 g/mol. The minimum Gasteiger partial charge on any atom is -0.420 e. The zero-order chi connectivity index (χ0) is 5.15. The van der Waals surface area contributed by atoms with Crippen LogP contribution in [0.15, 0.2) is 0 Å². The summed E-state index contributed by atoms with van der Waals surface area (Å²) >= 11 is 0. The maximum Gasteiger partial charge on any atom is 0.551 e. The van der Waals surface area contributed by atoms with E-state index in [1.54, 1.807) is 0 Å². The summed E-state index contributed by atoms with van der Waals surface area (Å²) in [5.74, 6) is -1.13. The van der Waals surface area contributed by atoms with Crippen LogP contribution < -0.4 is 5.73 Å². The third-order valence-electron chi connectivity index (χ3n) is 0.254. The van der Waals surface area contributed by atoms with Crippen molar-refractivity contribution in [2.24, 2.45) is 5.73 Å². The molecule has 0 heterocycles. The Labute approximate surface area is 34.7 Å². The summed E-state index contributed by atoms with van der Waals surface area (Å²) in [6, 6.07) is 0. The maximum atomic E-state index is 9.42. The van der Waals surface area contributed by atoms with E-state index in [0.717, 1.165) is 0 Å². The first-order chi connectivity index (χ1) is 2.64. The molecule has 0 aliphatic rings. The summed E-state index contributed by atoms with van der Waals surface area (Å²) < 4.78 is 0. The molecule has 0 saturated heterocycles. The zero-order valence-corrected chi connectivity index (χ0v) is 2.96. The van der Waals surface area contributed by atoms with Crippen molar-refractivity contribution in [3.63, 3.8) is 0 Å². The van der Waals surface area contributed by atoms with Crippen molar-refractivity contribution in [2.45, 2.75) is 0 Å². The van der Waals surface area contributed by atoms with Gasteiger partial charge in [-0.25, -0.2) is 0 Å². The summed E-state index contributed by atoms with van der Waals surface area (Å²) in [5, 5.41) is 15.4. The van der Waals surface area contributed by atoms with Crippen LogP contribution in [0.3, 0.4) is 0 Å². The molecule has 34 valence electrons. The van der Waals surface area contributed by atoms with Gasteiger partial charge in [0, 0.05) is 0 Å². The fraction of sp³-hybridized carbons (Fsp3) is 0. The first kappa shape index (κ1) is 5.45. The van der Waals surface area contributed by atoms with E-state index in [1.807, 2.05) is 0 Å². The number of hydrogen-bond donors (Lipinski definition) is 3. The van der Waals surface area contributed by atoms with E-state index in [1.165, 1.54) is 0 Å². The Kier molecular flexibility index (Phi) is 1.62. The quantitative estimate of drug-likeness (QED) is 0.328. The molecule has 0 rings (SSSR count). The highest BCUT2D eigenvalue weighted by Gasteiger charge is 2.13. The highest BCUT2D eigenvalue weighted by Crippen LogP contribution is 1.61. The number of carbonyl (C=O) groups excluding carboxylic acids is 1. The fourth-order valence-electron chi connectivity index (χ4n) is 0. The lowest BCUT2D eigenvalue weighted by atomic mass is 9.92. The van der Waals surface area contributed by atoms with Crippen LogP contribution in [0.4, 0.5) is 4.79 Å². The van der Waals surface area contributed by atoms with Crippen LogP contribution in [0.2, 0.25) is 0 Å². The molecule has 0 fully saturated rings. The number of carbonyl (C=O) groups is 1. The number of rotatable bonds is 1. The molecule has 0 aromatic heterocycles. The molecule has 0 atom stereocenters. The van der Waals surface area contributed by atoms with Crippen molar-refractivity contribution in [2.75, 3.05) is 0 Å². The van der Waals surface area contributed by atoms with Gasteiger partial charge >= 0.3 is 7.12 Å². The second-order valence-electron chi connectivity index (χ2n) is 0.776. The predicted octanol–water partition coefficient (Wildman–Crippen LogP) is -1.88. The third-order valence-corrected chi connectivity index (χ3v) is 0.254. The van der Waals surface area contributed by atoms with Crippen LogP contribution in [0.25, 0.3) is 0 Å². The van der Waals surface area contributed by atoms with E-state index in [0.29, 0.717) is 0 Å². The van der Waals surface area contributed by atoms with Gasteiger partial charge in [0.2, 0.25) is 5.81 Å². The molecule has 0 aromatic carbocycles. The molecule has 0 aliphatic carbocycles. The third kappa shape index (κ3) is 1.74. The average molecular weight is 88.9 g/mol. The van der Waals surface area contributed by atoms with Gasteiger partial charge in [-0.15, -0.1) is 0 Å². The molecule has 4 nitrogen and oxygen atoms in total. The molecule has 0 radical (unpaired) electrons. The van der Waals surface area contributed by atoms with Crippen molar-refractivity contribution in [1.82, 2.24) is 0 Å². The summed E-state index contributed by atoms with van der Waals surface area (Å²) in [5.41, 5.74) is 4.30. The molecule has 6 heavy (non-hydrogen) atoms. The molecule has 1 amide bonds. The zero-order valence-electron chi connectivity index (χ0n) is 2.96. The van der Waals surface area contributed by atoms with Gasteiger partial charge in [-0.2, -0.15) is 0 Å². The Morgan fingerprint density at radius 3 is 1.83 bits per heavy atom. The summed E-state index contributed by atoms with van der Waals surface area (Å²) in [7, 11) is -2.01. The van der Waals surface area contributed by atoms with Crippen LogP contribution in [0, 0.1) is 0 Å². The summed E-state index contributed by atoms with van der Waals surface area (Å²) in [6.45, 7) is 0. The lowest BCUT2D eigenvalue weighted by molar-refractivity contribution is 0.255. The van der Waals surface area contributed by atoms with Crippen LogP contribution in [0.5, 0.6) is 0 Å². The highest BCUT2D eigenvalue weighted by atomic mass is 16.4. The van der Waals surface area contributed by atoms with E-state index in [-0.39, 0.29) is 0 Å². The predicted molar refractivity (Wildman–Crippen MR) is 19.8 cm³/mol. The maximum absolute atomic E-state index is 9.42. The SMILES string of the molecule is NC(=O)B(O)O. The van der Waals surface area contributed by atoms with Gasteiger partial charge in [-0.1, -0.05) is 0 Å². The Bertz CT molecular complexity index is 61.8. The minimum absolute atomic E-state index is 1.13. The topological polar surface area (TPSA) is 83.6 Å². The monoisotopic (exact) mass is 89.0 g/mol. The molecule has 0 aliphatic heterocycles. The van der Waals surface area contributed by atoms with E-state index in [4.69, 9.17) is 10.0 Å². The van der Waals surface area contributed by atoms with E-state index in [2.05, 4.69) is 5.73 Å². The normalized spacial score (nSPS) is 7.67. The minimum atomic E-state index is -2.01. The van der Waals surface area contributed by atoms with Gasteiger partial charge in [-0.3, -0.25) is 4.79 Å². The van der Waals surface area contributed by atoms with Crippen LogP contribution in [-0.4, -0.2) is 23.0 Å². The van der Waals surface area contributed by atoms with Crippen LogP contribution in [0.1, 0.15) is 0 Å². The Morgan fingerprint density at radius 1 is 1.67 bits per heavy atom. The molecule has 0 spiro atoms. The van der Waals surface area contributed by atoms with Crippen molar-refractivity contribution < 1.29 is 14.8 Å². The van der Waals surface area contributed by atoms with Gasteiger partial charge in [-0.05, 0) is 0 Å². The second-order valence-corrected chi connectivity index (χ2v) is 0.776. The van der Waals surface area contributed by atoms with Crippen LogP contribution >= 0.6 is 0 Å². The molecule has 0 bridgehead atoms. The van der Waals surface area contributed by atoms with E-state index < -0.39 is 12.9 Å². The molecule has 5 heteroatoms. The smallest absolute Gasteiger partial charge is 0.420 e. The Hall–Kier alpha value is -0.545. The molecule has 0 aromatic rings. The van der Waals surface area contributed by atoms with Gasteiger partial charge in [0.1, 0.15) is 0 Å². The molecule has 0 saturated carbocycles. The van der Waals surface area contributed by atoms with Crippen LogP contribution in [-0.2, 0) is 0 Å². The lowest BCUT2D eigenvalue weighted by Gasteiger charge is -1.82. The number of amides is 1. The van der Waals surface area contributed by atoms with Crippen molar-refractivity contribution in [3.8, 4) is 0 Å². The van der Waals surface area contributed by atoms with Gasteiger partial charge in [0.15, 0.2) is 0 Å². The second kappa shape index (κ2) is 1.79. The molecule has 4 N–H and O–H groups in total. The fourth-order valence-corrected chi connectivity index (χ4v) is 0. The largest absolute Gasteiger partial charge is 0.551 e. The van der Waals surface area contributed by atoms with Crippen molar-refractivity contribution >= 4 is 12.9 Å². The first-order valence-electron chi connectivity index (χ1n) is 1.30. The van der Waals surface area contributed by atoms with Gasteiger partial charge < -0.3 is 15.8 Å². The molecule has 0 unspecified atom stereocenters. The van der Waals surface area contributed by atoms with Gasteiger partial charge in [0.25, 0.3) is 0 Å². The van der Waals surface area contributed by atoms with Crippen molar-refractivity contribution in [3.05, 3.63) is 0 Å². The first-order valence-corrected chi connectivity index (χ1v) is 1.30.